The topological polar surface area (TPSA) is 69.0 Å². The molecule has 6 nitrogen and oxygen atoms in total. The van der Waals surface area contributed by atoms with Gasteiger partial charge in [-0.2, -0.15) is 5.10 Å². The molecule has 29 heavy (non-hydrogen) atoms. The number of aromatic nitrogens is 3. The largest absolute Gasteiger partial charge is 0.489 e. The molecule has 0 atom stereocenters. The molecule has 1 fully saturated rings. The molecule has 150 valence electrons. The Kier molecular flexibility index (Phi) is 5.89. The quantitative estimate of drug-likeness (QED) is 0.657. The highest BCUT2D eigenvalue weighted by molar-refractivity contribution is 6.04. The number of amides is 1. The Labute approximate surface area is 170 Å². The third-order valence-electron chi connectivity index (χ3n) is 5.41. The van der Waals surface area contributed by atoms with Crippen LogP contribution >= 0.6 is 0 Å². The maximum atomic E-state index is 12.7. The highest BCUT2D eigenvalue weighted by Gasteiger charge is 2.16. The molecule has 3 aromatic rings. The zero-order valence-corrected chi connectivity index (χ0v) is 16.7. The first-order valence-corrected chi connectivity index (χ1v) is 10.2. The van der Waals surface area contributed by atoms with Crippen molar-refractivity contribution in [1.29, 1.82) is 0 Å². The van der Waals surface area contributed by atoms with Gasteiger partial charge < -0.3 is 10.1 Å². The number of nitrogens with zero attached hydrogens (tertiary/aromatic N) is 3. The van der Waals surface area contributed by atoms with E-state index in [4.69, 9.17) is 4.74 Å². The minimum Gasteiger partial charge on any atom is -0.489 e. The van der Waals surface area contributed by atoms with Gasteiger partial charge in [-0.1, -0.05) is 19.3 Å². The SMILES string of the molecule is Cc1ccnn1-c1ccc(C(=O)Nc2ncccc2OCC2CCCCC2)cc1. The number of ether oxygens (including phenoxy) is 1. The maximum Gasteiger partial charge on any atom is 0.256 e. The number of rotatable bonds is 6. The summed E-state index contributed by atoms with van der Waals surface area (Å²) < 4.78 is 7.84. The fourth-order valence-corrected chi connectivity index (χ4v) is 3.74. The summed E-state index contributed by atoms with van der Waals surface area (Å²) in [6.45, 7) is 2.66. The predicted octanol–water partition coefficient (Wildman–Crippen LogP) is 4.79. The fraction of sp³-hybridized carbons (Fsp3) is 0.348. The van der Waals surface area contributed by atoms with Crippen LogP contribution in [0.5, 0.6) is 5.75 Å². The molecule has 0 bridgehead atoms. The van der Waals surface area contributed by atoms with Gasteiger partial charge in [-0.05, 0) is 68.1 Å². The van der Waals surface area contributed by atoms with Gasteiger partial charge in [-0.15, -0.1) is 0 Å². The van der Waals surface area contributed by atoms with E-state index < -0.39 is 0 Å². The number of carbonyl (C=O) groups is 1. The average molecular weight is 390 g/mol. The minimum absolute atomic E-state index is 0.213. The molecule has 0 unspecified atom stereocenters. The fourth-order valence-electron chi connectivity index (χ4n) is 3.74. The second-order valence-electron chi connectivity index (χ2n) is 7.55. The molecule has 2 heterocycles. The second kappa shape index (κ2) is 8.90. The zero-order valence-electron chi connectivity index (χ0n) is 16.7. The molecule has 0 radical (unpaired) electrons. The summed E-state index contributed by atoms with van der Waals surface area (Å²) in [5.41, 5.74) is 2.51. The summed E-state index contributed by atoms with van der Waals surface area (Å²) in [5.74, 6) is 1.45. The van der Waals surface area contributed by atoms with Gasteiger partial charge in [0.1, 0.15) is 0 Å². The van der Waals surface area contributed by atoms with E-state index in [1.54, 1.807) is 24.5 Å². The van der Waals surface area contributed by atoms with E-state index in [1.165, 1.54) is 32.1 Å². The third-order valence-corrected chi connectivity index (χ3v) is 5.41. The standard InChI is InChI=1S/C23H26N4O2/c1-17-13-15-25-27(17)20-11-9-19(10-12-20)23(28)26-22-21(8-5-14-24-22)29-16-18-6-3-2-4-7-18/h5,8-15,18H,2-4,6-7,16H2,1H3,(H,24,26,28). The number of aryl methyl sites for hydroxylation is 1. The molecule has 0 aliphatic heterocycles. The highest BCUT2D eigenvalue weighted by Crippen LogP contribution is 2.27. The van der Waals surface area contributed by atoms with E-state index in [-0.39, 0.29) is 5.91 Å². The van der Waals surface area contributed by atoms with Crippen molar-refractivity contribution in [2.24, 2.45) is 5.92 Å². The summed E-state index contributed by atoms with van der Waals surface area (Å²) in [6.07, 6.45) is 9.72. The van der Waals surface area contributed by atoms with Crippen LogP contribution in [0, 0.1) is 12.8 Å². The van der Waals surface area contributed by atoms with E-state index >= 15 is 0 Å². The first kappa shape index (κ1) is 19.2. The van der Waals surface area contributed by atoms with Crippen LogP contribution in [0.25, 0.3) is 5.69 Å². The summed E-state index contributed by atoms with van der Waals surface area (Å²) in [5, 5.41) is 7.17. The lowest BCUT2D eigenvalue weighted by atomic mass is 9.90. The van der Waals surface area contributed by atoms with Crippen molar-refractivity contribution in [1.82, 2.24) is 14.8 Å². The van der Waals surface area contributed by atoms with Gasteiger partial charge in [0.05, 0.1) is 12.3 Å². The minimum atomic E-state index is -0.213. The van der Waals surface area contributed by atoms with E-state index in [0.29, 0.717) is 29.7 Å². The van der Waals surface area contributed by atoms with Gasteiger partial charge >= 0.3 is 0 Å². The van der Waals surface area contributed by atoms with Crippen LogP contribution in [-0.4, -0.2) is 27.3 Å². The van der Waals surface area contributed by atoms with Gasteiger partial charge in [-0.3, -0.25) is 4.79 Å². The van der Waals surface area contributed by atoms with Crippen LogP contribution in [0.1, 0.15) is 48.2 Å². The van der Waals surface area contributed by atoms with Crippen LogP contribution in [0.15, 0.2) is 54.9 Å². The summed E-state index contributed by atoms with van der Waals surface area (Å²) in [4.78, 5) is 17.0. The molecule has 1 amide bonds. The lowest BCUT2D eigenvalue weighted by molar-refractivity contribution is 0.102. The van der Waals surface area contributed by atoms with E-state index in [1.807, 2.05) is 41.9 Å². The summed E-state index contributed by atoms with van der Waals surface area (Å²) in [6, 6.07) is 13.0. The summed E-state index contributed by atoms with van der Waals surface area (Å²) in [7, 11) is 0. The van der Waals surface area contributed by atoms with E-state index in [2.05, 4.69) is 15.4 Å². The average Bonchev–Trinajstić information content (AvgIpc) is 3.20. The normalized spacial score (nSPS) is 14.5. The Balaban J connectivity index is 1.42. The molecule has 1 aliphatic carbocycles. The van der Waals surface area contributed by atoms with Crippen LogP contribution < -0.4 is 10.1 Å². The molecule has 0 saturated heterocycles. The van der Waals surface area contributed by atoms with Gasteiger partial charge in [0.2, 0.25) is 0 Å². The molecule has 1 N–H and O–H groups in total. The molecule has 1 aliphatic rings. The molecule has 2 aromatic heterocycles. The van der Waals surface area contributed by atoms with Gasteiger partial charge in [0.25, 0.3) is 5.91 Å². The van der Waals surface area contributed by atoms with Crippen LogP contribution in [0.4, 0.5) is 5.82 Å². The number of anilines is 1. The Hall–Kier alpha value is -3.15. The van der Waals surface area contributed by atoms with Crippen LogP contribution in [0.2, 0.25) is 0 Å². The number of carbonyl (C=O) groups excluding carboxylic acids is 1. The summed E-state index contributed by atoms with van der Waals surface area (Å²) >= 11 is 0. The van der Waals surface area contributed by atoms with Crippen LogP contribution in [0.3, 0.4) is 0 Å². The Morgan fingerprint density at radius 3 is 2.62 bits per heavy atom. The number of benzene rings is 1. The first-order valence-electron chi connectivity index (χ1n) is 10.2. The molecular weight excluding hydrogens is 364 g/mol. The molecule has 6 heteroatoms. The lowest BCUT2D eigenvalue weighted by Crippen LogP contribution is -2.17. The Bertz CT molecular complexity index is 959. The van der Waals surface area contributed by atoms with Crippen molar-refractivity contribution in [3.8, 4) is 11.4 Å². The van der Waals surface area contributed by atoms with Gasteiger partial charge in [0, 0.05) is 23.7 Å². The zero-order chi connectivity index (χ0) is 20.1. The first-order chi connectivity index (χ1) is 14.2. The lowest BCUT2D eigenvalue weighted by Gasteiger charge is -2.22. The number of hydrogen-bond acceptors (Lipinski definition) is 4. The number of pyridine rings is 1. The molecule has 0 spiro atoms. The molecule has 1 saturated carbocycles. The maximum absolute atomic E-state index is 12.7. The van der Waals surface area contributed by atoms with E-state index in [9.17, 15) is 4.79 Å². The molecular formula is C23H26N4O2. The van der Waals surface area contributed by atoms with Crippen molar-refractivity contribution < 1.29 is 9.53 Å². The number of nitrogens with one attached hydrogen (secondary N) is 1. The van der Waals surface area contributed by atoms with Crippen molar-refractivity contribution in [3.63, 3.8) is 0 Å². The number of hydrogen-bond donors (Lipinski definition) is 1. The monoisotopic (exact) mass is 390 g/mol. The van der Waals surface area contributed by atoms with Crippen LogP contribution in [-0.2, 0) is 0 Å². The van der Waals surface area contributed by atoms with E-state index in [0.717, 1.165) is 11.4 Å². The van der Waals surface area contributed by atoms with Crippen molar-refractivity contribution in [3.05, 3.63) is 66.1 Å². The van der Waals surface area contributed by atoms with Crippen molar-refractivity contribution in [2.45, 2.75) is 39.0 Å². The van der Waals surface area contributed by atoms with Crippen molar-refractivity contribution >= 4 is 11.7 Å². The Morgan fingerprint density at radius 2 is 1.90 bits per heavy atom. The smallest absolute Gasteiger partial charge is 0.256 e. The molecule has 1 aromatic carbocycles. The Morgan fingerprint density at radius 1 is 1.10 bits per heavy atom. The second-order valence-corrected chi connectivity index (χ2v) is 7.55. The predicted molar refractivity (Wildman–Crippen MR) is 113 cm³/mol. The van der Waals surface area contributed by atoms with Crippen molar-refractivity contribution in [2.75, 3.05) is 11.9 Å². The van der Waals surface area contributed by atoms with Gasteiger partial charge in [0.15, 0.2) is 11.6 Å². The van der Waals surface area contributed by atoms with Gasteiger partial charge in [-0.25, -0.2) is 9.67 Å². The third kappa shape index (κ3) is 4.65. The molecule has 4 rings (SSSR count). The highest BCUT2D eigenvalue weighted by atomic mass is 16.5.